The van der Waals surface area contributed by atoms with Crippen LogP contribution in [-0.2, 0) is 12.8 Å². The number of hydrazone groups is 1. The van der Waals surface area contributed by atoms with Crippen LogP contribution in [0.4, 0.5) is 0 Å². The molecule has 0 saturated heterocycles. The summed E-state index contributed by atoms with van der Waals surface area (Å²) >= 11 is 3.81. The fraction of sp³-hybridized carbons (Fsp3) is 0.200. The Morgan fingerprint density at radius 1 is 1.24 bits per heavy atom. The van der Waals surface area contributed by atoms with Crippen molar-refractivity contribution in [1.82, 2.24) is 15.0 Å². The van der Waals surface area contributed by atoms with E-state index in [0.717, 1.165) is 56.3 Å². The number of aromatic nitrogens is 2. The number of carbonyl (C=O) groups excluding carboxylic acids is 1. The van der Waals surface area contributed by atoms with Gasteiger partial charge in [-0.2, -0.15) is 5.10 Å². The molecule has 7 nitrogen and oxygen atoms in total. The molecule has 1 N–H and O–H groups in total. The zero-order chi connectivity index (χ0) is 23.7. The number of halogens is 1. The summed E-state index contributed by atoms with van der Waals surface area (Å²) in [7, 11) is 1.62. The summed E-state index contributed by atoms with van der Waals surface area (Å²) in [5, 5.41) is 4.79. The molecule has 0 unspecified atom stereocenters. The lowest BCUT2D eigenvalue weighted by molar-refractivity contribution is 0.0955. The van der Waals surface area contributed by atoms with E-state index in [1.54, 1.807) is 55.3 Å². The van der Waals surface area contributed by atoms with E-state index in [1.165, 1.54) is 9.44 Å². The van der Waals surface area contributed by atoms with E-state index in [4.69, 9.17) is 4.74 Å². The molecule has 34 heavy (non-hydrogen) atoms. The number of hydrogen-bond acceptors (Lipinski definition) is 6. The number of ether oxygens (including phenoxy) is 1. The maximum atomic E-state index is 13.3. The number of nitrogens with one attached hydrogen (secondary N) is 1. The Balaban J connectivity index is 1.39. The Bertz CT molecular complexity index is 1490. The monoisotopic (exact) mass is 584 g/mol. The van der Waals surface area contributed by atoms with Gasteiger partial charge in [0, 0.05) is 10.4 Å². The summed E-state index contributed by atoms with van der Waals surface area (Å²) in [6, 6.07) is 12.5. The van der Waals surface area contributed by atoms with Crippen LogP contribution in [0.3, 0.4) is 0 Å². The molecule has 172 valence electrons. The topological polar surface area (TPSA) is 85.6 Å². The van der Waals surface area contributed by atoms with Crippen molar-refractivity contribution in [3.05, 3.63) is 84.3 Å². The van der Waals surface area contributed by atoms with Crippen molar-refractivity contribution in [2.45, 2.75) is 25.7 Å². The van der Waals surface area contributed by atoms with Crippen molar-refractivity contribution in [3.8, 4) is 11.4 Å². The quantitative estimate of drug-likeness (QED) is 0.209. The predicted molar refractivity (Wildman–Crippen MR) is 143 cm³/mol. The summed E-state index contributed by atoms with van der Waals surface area (Å²) in [6.45, 7) is 0. The number of thiophene rings is 1. The van der Waals surface area contributed by atoms with Gasteiger partial charge in [-0.1, -0.05) is 6.07 Å². The Labute approximate surface area is 213 Å². The SMILES string of the molecule is COc1ccc(/C=N/NC(=O)c2cccc(-n3cnc4sc5c(c4c3=O)CCCC5)c2)cc1I. The van der Waals surface area contributed by atoms with Gasteiger partial charge in [-0.15, -0.1) is 11.3 Å². The van der Waals surface area contributed by atoms with E-state index >= 15 is 0 Å². The second kappa shape index (κ2) is 9.67. The van der Waals surface area contributed by atoms with Gasteiger partial charge in [-0.05, 0) is 95.8 Å². The third-order valence-corrected chi connectivity index (χ3v) is 7.86. The predicted octanol–water partition coefficient (Wildman–Crippen LogP) is 4.70. The molecule has 2 aromatic heterocycles. The zero-order valence-corrected chi connectivity index (χ0v) is 21.4. The number of amides is 1. The molecule has 1 aliphatic rings. The van der Waals surface area contributed by atoms with Gasteiger partial charge in [0.25, 0.3) is 11.5 Å². The van der Waals surface area contributed by atoms with Gasteiger partial charge in [0.2, 0.25) is 0 Å². The minimum Gasteiger partial charge on any atom is -0.496 e. The number of nitrogens with zero attached hydrogens (tertiary/aromatic N) is 3. The van der Waals surface area contributed by atoms with Crippen molar-refractivity contribution in [1.29, 1.82) is 0 Å². The van der Waals surface area contributed by atoms with Gasteiger partial charge in [0.1, 0.15) is 16.9 Å². The maximum Gasteiger partial charge on any atom is 0.271 e. The van der Waals surface area contributed by atoms with E-state index < -0.39 is 0 Å². The van der Waals surface area contributed by atoms with Crippen LogP contribution in [0, 0.1) is 3.57 Å². The number of aryl methyl sites for hydroxylation is 2. The number of hydrogen-bond donors (Lipinski definition) is 1. The highest BCUT2D eigenvalue weighted by molar-refractivity contribution is 14.1. The van der Waals surface area contributed by atoms with Gasteiger partial charge in [0.15, 0.2) is 0 Å². The Morgan fingerprint density at radius 3 is 2.91 bits per heavy atom. The first-order chi connectivity index (χ1) is 16.5. The van der Waals surface area contributed by atoms with Crippen molar-refractivity contribution in [2.75, 3.05) is 7.11 Å². The average molecular weight is 584 g/mol. The Morgan fingerprint density at radius 2 is 2.09 bits per heavy atom. The van der Waals surface area contributed by atoms with Gasteiger partial charge < -0.3 is 4.74 Å². The van der Waals surface area contributed by atoms with Crippen molar-refractivity contribution in [2.24, 2.45) is 5.10 Å². The third kappa shape index (κ3) is 4.37. The molecule has 0 bridgehead atoms. The Kier molecular flexibility index (Phi) is 6.46. The van der Waals surface area contributed by atoms with Crippen LogP contribution in [-0.4, -0.2) is 28.8 Å². The molecule has 0 fully saturated rings. The lowest BCUT2D eigenvalue weighted by Crippen LogP contribution is -2.21. The summed E-state index contributed by atoms with van der Waals surface area (Å²) < 4.78 is 7.72. The summed E-state index contributed by atoms with van der Waals surface area (Å²) in [5.74, 6) is 0.417. The van der Waals surface area contributed by atoms with Crippen molar-refractivity contribution in [3.63, 3.8) is 0 Å². The number of benzene rings is 2. The smallest absolute Gasteiger partial charge is 0.271 e. The molecule has 0 aliphatic heterocycles. The van der Waals surface area contributed by atoms with Crippen molar-refractivity contribution >= 4 is 56.3 Å². The first-order valence-corrected chi connectivity index (χ1v) is 12.7. The number of fused-ring (bicyclic) bond motifs is 3. The first-order valence-electron chi connectivity index (χ1n) is 10.8. The number of carbonyl (C=O) groups is 1. The standard InChI is InChI=1S/C25H21IN4O3S/c1-33-20-10-9-15(11-19(20)26)13-28-29-23(31)16-5-4-6-17(12-16)30-14-27-24-22(25(30)32)18-7-2-3-8-21(18)34-24/h4-6,9-14H,2-3,7-8H2,1H3,(H,29,31)/b28-13+. The molecule has 5 rings (SSSR count). The lowest BCUT2D eigenvalue weighted by atomic mass is 9.97. The van der Waals surface area contributed by atoms with E-state index in [0.29, 0.717) is 11.3 Å². The van der Waals surface area contributed by atoms with E-state index in [9.17, 15) is 9.59 Å². The minimum atomic E-state index is -0.365. The van der Waals surface area contributed by atoms with Crippen LogP contribution in [0.15, 0.2) is 58.7 Å². The van der Waals surface area contributed by atoms with Gasteiger partial charge in [-0.25, -0.2) is 10.4 Å². The number of methoxy groups -OCH3 is 1. The highest BCUT2D eigenvalue weighted by Crippen LogP contribution is 2.33. The molecule has 4 aromatic rings. The zero-order valence-electron chi connectivity index (χ0n) is 18.4. The molecular formula is C25H21IN4O3S. The molecule has 0 saturated carbocycles. The molecule has 1 amide bonds. The average Bonchev–Trinajstić information content (AvgIpc) is 3.24. The van der Waals surface area contributed by atoms with Gasteiger partial charge in [-0.3, -0.25) is 14.2 Å². The van der Waals surface area contributed by atoms with Crippen molar-refractivity contribution < 1.29 is 9.53 Å². The van der Waals surface area contributed by atoms with Gasteiger partial charge >= 0.3 is 0 Å². The van der Waals surface area contributed by atoms with Crippen LogP contribution in [0.5, 0.6) is 5.75 Å². The number of rotatable bonds is 5. The molecule has 1 aliphatic carbocycles. The summed E-state index contributed by atoms with van der Waals surface area (Å²) in [4.78, 5) is 32.6. The molecule has 0 radical (unpaired) electrons. The highest BCUT2D eigenvalue weighted by atomic mass is 127. The summed E-state index contributed by atoms with van der Waals surface area (Å²) in [6.07, 6.45) is 7.31. The molecule has 0 spiro atoms. The first kappa shape index (κ1) is 22.7. The Hall–Kier alpha value is -3.05. The maximum absolute atomic E-state index is 13.3. The van der Waals surface area contributed by atoms with E-state index in [1.807, 2.05) is 18.2 Å². The fourth-order valence-electron chi connectivity index (χ4n) is 4.12. The second-order valence-corrected chi connectivity index (χ2v) is 10.2. The third-order valence-electron chi connectivity index (χ3n) is 5.82. The minimum absolute atomic E-state index is 0.0888. The van der Waals surface area contributed by atoms with Gasteiger partial charge in [0.05, 0.1) is 28.0 Å². The molecule has 0 atom stereocenters. The summed E-state index contributed by atoms with van der Waals surface area (Å²) in [5.41, 5.74) is 5.44. The largest absolute Gasteiger partial charge is 0.496 e. The van der Waals surface area contributed by atoms with Crippen LogP contribution < -0.4 is 15.7 Å². The van der Waals surface area contributed by atoms with E-state index in [-0.39, 0.29) is 11.5 Å². The fourth-order valence-corrected chi connectivity index (χ4v) is 6.10. The molecule has 2 aromatic carbocycles. The van der Waals surface area contributed by atoms with Crippen LogP contribution >= 0.6 is 33.9 Å². The normalized spacial score (nSPS) is 13.2. The highest BCUT2D eigenvalue weighted by Gasteiger charge is 2.20. The van der Waals surface area contributed by atoms with Crippen LogP contribution in [0.1, 0.15) is 39.2 Å². The lowest BCUT2D eigenvalue weighted by Gasteiger charge is -2.11. The van der Waals surface area contributed by atoms with Crippen LogP contribution in [0.25, 0.3) is 15.9 Å². The molecule has 9 heteroatoms. The second-order valence-electron chi connectivity index (χ2n) is 7.95. The molecular weight excluding hydrogens is 563 g/mol. The molecule has 2 heterocycles. The van der Waals surface area contributed by atoms with E-state index in [2.05, 4.69) is 38.1 Å². The van der Waals surface area contributed by atoms with Crippen LogP contribution in [0.2, 0.25) is 0 Å².